The molecule has 1 aliphatic rings. The molecule has 1 rings (SSSR count). The summed E-state index contributed by atoms with van der Waals surface area (Å²) in [5.41, 5.74) is 0.460. The third kappa shape index (κ3) is 2.04. The van der Waals surface area contributed by atoms with Crippen molar-refractivity contribution >= 4 is 36.1 Å². The number of alkyl halides is 1. The molecule has 14 heavy (non-hydrogen) atoms. The SMILES string of the molecule is O=C(O)/C(=C(/CS)CCl)N1CCC1=O. The second-order valence-electron chi connectivity index (χ2n) is 2.84. The Morgan fingerprint density at radius 2 is 2.29 bits per heavy atom. The first-order valence-corrected chi connectivity index (χ1v) is 5.21. The summed E-state index contributed by atoms with van der Waals surface area (Å²) in [4.78, 5) is 23.2. The molecule has 6 heteroatoms. The van der Waals surface area contributed by atoms with Crippen LogP contribution in [0.2, 0.25) is 0 Å². The fourth-order valence-corrected chi connectivity index (χ4v) is 1.80. The lowest BCUT2D eigenvalue weighted by Gasteiger charge is -2.32. The van der Waals surface area contributed by atoms with E-state index in [0.29, 0.717) is 18.5 Å². The van der Waals surface area contributed by atoms with Crippen molar-refractivity contribution in [2.45, 2.75) is 6.42 Å². The average molecular weight is 236 g/mol. The molecule has 0 radical (unpaired) electrons. The van der Waals surface area contributed by atoms with E-state index in [4.69, 9.17) is 16.7 Å². The number of thiol groups is 1. The number of carboxylic acid groups (broad SMARTS) is 1. The molecule has 0 aromatic rings. The fourth-order valence-electron chi connectivity index (χ4n) is 1.19. The van der Waals surface area contributed by atoms with Gasteiger partial charge in [-0.05, 0) is 5.57 Å². The Labute approximate surface area is 91.9 Å². The summed E-state index contributed by atoms with van der Waals surface area (Å²) < 4.78 is 0. The summed E-state index contributed by atoms with van der Waals surface area (Å²) >= 11 is 9.54. The van der Waals surface area contributed by atoms with E-state index in [1.54, 1.807) is 0 Å². The summed E-state index contributed by atoms with van der Waals surface area (Å²) in [6, 6.07) is 0. The maximum Gasteiger partial charge on any atom is 0.352 e. The van der Waals surface area contributed by atoms with Gasteiger partial charge in [-0.1, -0.05) is 0 Å². The van der Waals surface area contributed by atoms with Gasteiger partial charge in [0, 0.05) is 24.6 Å². The molecule has 0 saturated carbocycles. The zero-order valence-electron chi connectivity index (χ0n) is 7.36. The Morgan fingerprint density at radius 1 is 1.64 bits per heavy atom. The smallest absolute Gasteiger partial charge is 0.352 e. The van der Waals surface area contributed by atoms with Crippen molar-refractivity contribution in [1.82, 2.24) is 4.90 Å². The second kappa shape index (κ2) is 4.70. The summed E-state index contributed by atoms with van der Waals surface area (Å²) in [5, 5.41) is 8.91. The van der Waals surface area contributed by atoms with Crippen molar-refractivity contribution < 1.29 is 14.7 Å². The molecule has 0 aromatic carbocycles. The number of hydrogen-bond acceptors (Lipinski definition) is 3. The van der Waals surface area contributed by atoms with Gasteiger partial charge in [-0.3, -0.25) is 4.79 Å². The molecule has 0 spiro atoms. The minimum atomic E-state index is -1.12. The number of carbonyl (C=O) groups excluding carboxylic acids is 1. The van der Waals surface area contributed by atoms with Gasteiger partial charge >= 0.3 is 5.97 Å². The number of rotatable bonds is 4. The lowest BCUT2D eigenvalue weighted by molar-refractivity contribution is -0.144. The third-order valence-electron chi connectivity index (χ3n) is 2.01. The lowest BCUT2D eigenvalue weighted by atomic mass is 10.1. The molecule has 1 amide bonds. The van der Waals surface area contributed by atoms with Gasteiger partial charge in [0.05, 0.1) is 0 Å². The normalized spacial score (nSPS) is 17.6. The van der Waals surface area contributed by atoms with Crippen LogP contribution >= 0.6 is 24.2 Å². The molecule has 78 valence electrons. The van der Waals surface area contributed by atoms with Crippen molar-refractivity contribution in [2.24, 2.45) is 0 Å². The predicted octanol–water partition coefficient (Wildman–Crippen LogP) is 0.726. The predicted molar refractivity (Wildman–Crippen MR) is 55.6 cm³/mol. The summed E-state index contributed by atoms with van der Waals surface area (Å²) in [6.07, 6.45) is 0.402. The number of aliphatic carboxylic acids is 1. The number of β-lactam (4-membered cyclic amide) rings is 1. The van der Waals surface area contributed by atoms with Gasteiger partial charge in [-0.15, -0.1) is 11.6 Å². The van der Waals surface area contributed by atoms with Crippen molar-refractivity contribution in [2.75, 3.05) is 18.2 Å². The summed E-state index contributed by atoms with van der Waals surface area (Å²) in [5.74, 6) is -0.973. The van der Waals surface area contributed by atoms with Crippen LogP contribution in [0.1, 0.15) is 6.42 Å². The molecule has 0 atom stereocenters. The van der Waals surface area contributed by atoms with Crippen LogP contribution in [-0.2, 0) is 9.59 Å². The van der Waals surface area contributed by atoms with E-state index in [-0.39, 0.29) is 23.2 Å². The highest BCUT2D eigenvalue weighted by atomic mass is 35.5. The maximum atomic E-state index is 11.1. The fraction of sp³-hybridized carbons (Fsp3) is 0.500. The first-order valence-electron chi connectivity index (χ1n) is 4.04. The molecule has 1 N–H and O–H groups in total. The Bertz CT molecular complexity index is 297. The molecule has 0 unspecified atom stereocenters. The molecule has 1 aliphatic heterocycles. The van der Waals surface area contributed by atoms with E-state index in [9.17, 15) is 9.59 Å². The molecular formula is C8H10ClNO3S. The van der Waals surface area contributed by atoms with Crippen LogP contribution in [0.3, 0.4) is 0 Å². The largest absolute Gasteiger partial charge is 0.477 e. The van der Waals surface area contributed by atoms with E-state index in [1.807, 2.05) is 0 Å². The number of carboxylic acids is 1. The van der Waals surface area contributed by atoms with Gasteiger partial charge in [0.15, 0.2) is 0 Å². The van der Waals surface area contributed by atoms with Crippen LogP contribution in [0.25, 0.3) is 0 Å². The molecule has 0 aliphatic carbocycles. The summed E-state index contributed by atoms with van der Waals surface area (Å²) in [6.45, 7) is 0.453. The topological polar surface area (TPSA) is 57.6 Å². The van der Waals surface area contributed by atoms with Crippen molar-refractivity contribution in [3.05, 3.63) is 11.3 Å². The van der Waals surface area contributed by atoms with Gasteiger partial charge in [0.2, 0.25) is 5.91 Å². The van der Waals surface area contributed by atoms with Gasteiger partial charge in [-0.2, -0.15) is 12.6 Å². The van der Waals surface area contributed by atoms with Crippen LogP contribution in [0.5, 0.6) is 0 Å². The van der Waals surface area contributed by atoms with Crippen molar-refractivity contribution in [3.8, 4) is 0 Å². The molecule has 0 aromatic heterocycles. The molecular weight excluding hydrogens is 226 g/mol. The average Bonchev–Trinajstić information content (AvgIpc) is 2.15. The zero-order chi connectivity index (χ0) is 10.7. The highest BCUT2D eigenvalue weighted by molar-refractivity contribution is 7.80. The Kier molecular flexibility index (Phi) is 3.83. The number of amides is 1. The minimum absolute atomic E-state index is 0.00810. The first kappa shape index (κ1) is 11.4. The monoisotopic (exact) mass is 235 g/mol. The molecule has 0 bridgehead atoms. The van der Waals surface area contributed by atoms with Crippen LogP contribution in [-0.4, -0.2) is 40.1 Å². The summed E-state index contributed by atoms with van der Waals surface area (Å²) in [7, 11) is 0. The molecule has 4 nitrogen and oxygen atoms in total. The van der Waals surface area contributed by atoms with Gasteiger partial charge in [0.25, 0.3) is 0 Å². The molecule has 1 fully saturated rings. The van der Waals surface area contributed by atoms with Crippen molar-refractivity contribution in [3.63, 3.8) is 0 Å². The van der Waals surface area contributed by atoms with E-state index in [2.05, 4.69) is 12.6 Å². The van der Waals surface area contributed by atoms with Crippen LogP contribution in [0, 0.1) is 0 Å². The second-order valence-corrected chi connectivity index (χ2v) is 3.43. The number of nitrogens with zero attached hydrogens (tertiary/aromatic N) is 1. The maximum absolute atomic E-state index is 11.1. The van der Waals surface area contributed by atoms with E-state index >= 15 is 0 Å². The van der Waals surface area contributed by atoms with E-state index < -0.39 is 5.97 Å². The highest BCUT2D eigenvalue weighted by Crippen LogP contribution is 2.21. The Morgan fingerprint density at radius 3 is 2.50 bits per heavy atom. The van der Waals surface area contributed by atoms with Crippen LogP contribution < -0.4 is 0 Å². The molecule has 1 heterocycles. The Hall–Kier alpha value is -0.680. The number of hydrogen-bond donors (Lipinski definition) is 2. The highest BCUT2D eigenvalue weighted by Gasteiger charge is 2.32. The zero-order valence-corrected chi connectivity index (χ0v) is 9.01. The van der Waals surface area contributed by atoms with E-state index in [1.165, 1.54) is 4.90 Å². The van der Waals surface area contributed by atoms with Crippen molar-refractivity contribution in [1.29, 1.82) is 0 Å². The first-order chi connectivity index (χ1) is 6.61. The quantitative estimate of drug-likeness (QED) is 0.327. The third-order valence-corrected chi connectivity index (χ3v) is 2.71. The lowest BCUT2D eigenvalue weighted by Crippen LogP contribution is -2.45. The van der Waals surface area contributed by atoms with Crippen LogP contribution in [0.15, 0.2) is 11.3 Å². The number of likely N-dealkylation sites (tertiary alicyclic amines) is 1. The van der Waals surface area contributed by atoms with Gasteiger partial charge < -0.3 is 10.0 Å². The Balaban J connectivity index is 2.99. The standard InChI is InChI=1S/C8H10ClNO3S/c9-3-5(4-14)7(8(12)13)10-2-1-6(10)11/h14H,1-4H2,(H,12,13)/b7-5-. The van der Waals surface area contributed by atoms with Crippen LogP contribution in [0.4, 0.5) is 0 Å². The van der Waals surface area contributed by atoms with Gasteiger partial charge in [-0.25, -0.2) is 4.79 Å². The van der Waals surface area contributed by atoms with E-state index in [0.717, 1.165) is 0 Å². The number of carbonyl (C=O) groups is 2. The minimum Gasteiger partial charge on any atom is -0.477 e. The number of halogens is 1. The molecule has 1 saturated heterocycles. The van der Waals surface area contributed by atoms with Gasteiger partial charge in [0.1, 0.15) is 5.70 Å².